The summed E-state index contributed by atoms with van der Waals surface area (Å²) in [5.74, 6) is -0.490. The number of aryl methyl sites for hydroxylation is 3. The number of hydrogen-bond donors (Lipinski definition) is 1. The van der Waals surface area contributed by atoms with E-state index in [4.69, 9.17) is 0 Å². The van der Waals surface area contributed by atoms with E-state index in [-0.39, 0.29) is 24.2 Å². The molecule has 0 spiro atoms. The fourth-order valence-electron chi connectivity index (χ4n) is 2.65. The van der Waals surface area contributed by atoms with Gasteiger partial charge in [0.25, 0.3) is 0 Å². The number of thiazole rings is 1. The van der Waals surface area contributed by atoms with Crippen molar-refractivity contribution in [2.75, 3.05) is 16.8 Å². The van der Waals surface area contributed by atoms with Gasteiger partial charge in [0, 0.05) is 29.7 Å². The molecule has 0 saturated carbocycles. The van der Waals surface area contributed by atoms with Gasteiger partial charge in [-0.25, -0.2) is 4.98 Å². The fourth-order valence-corrected chi connectivity index (χ4v) is 3.31. The topological polar surface area (TPSA) is 62.3 Å². The van der Waals surface area contributed by atoms with Crippen LogP contribution >= 0.6 is 11.3 Å². The summed E-state index contributed by atoms with van der Waals surface area (Å²) in [6, 6.07) is 5.94. The number of anilines is 2. The number of hydrogen-bond acceptors (Lipinski definition) is 4. The molecule has 1 N–H and O–H groups in total. The first-order valence-corrected chi connectivity index (χ1v) is 8.36. The first kappa shape index (κ1) is 15.7. The van der Waals surface area contributed by atoms with Gasteiger partial charge >= 0.3 is 0 Å². The summed E-state index contributed by atoms with van der Waals surface area (Å²) in [5, 5.41) is 3.39. The minimum absolute atomic E-state index is 0.0104. The number of carbonyl (C=O) groups excluding carboxylic acids is 2. The molecule has 3 rings (SSSR count). The van der Waals surface area contributed by atoms with Crippen molar-refractivity contribution in [1.29, 1.82) is 0 Å². The van der Waals surface area contributed by atoms with Crippen LogP contribution < -0.4 is 10.2 Å². The molecule has 0 radical (unpaired) electrons. The Balaban J connectivity index is 1.71. The minimum Gasteiger partial charge on any atom is -0.312 e. The van der Waals surface area contributed by atoms with E-state index in [1.54, 1.807) is 11.1 Å². The van der Waals surface area contributed by atoms with Crippen molar-refractivity contribution < 1.29 is 9.59 Å². The van der Waals surface area contributed by atoms with Crippen molar-refractivity contribution in [1.82, 2.24) is 4.98 Å². The average molecular weight is 329 g/mol. The first-order valence-electron chi connectivity index (χ1n) is 7.55. The highest BCUT2D eigenvalue weighted by Crippen LogP contribution is 2.28. The van der Waals surface area contributed by atoms with Crippen LogP contribution in [0.3, 0.4) is 0 Å². The van der Waals surface area contributed by atoms with Crippen LogP contribution in [0.1, 0.15) is 22.4 Å². The molecule has 23 heavy (non-hydrogen) atoms. The van der Waals surface area contributed by atoms with Gasteiger partial charge in [0.1, 0.15) is 0 Å². The molecule has 1 saturated heterocycles. The summed E-state index contributed by atoms with van der Waals surface area (Å²) < 4.78 is 0. The first-order chi connectivity index (χ1) is 10.9. The highest BCUT2D eigenvalue weighted by atomic mass is 32.1. The third-order valence-electron chi connectivity index (χ3n) is 4.15. The lowest BCUT2D eigenvalue weighted by molar-refractivity contribution is -0.122. The third kappa shape index (κ3) is 3.27. The zero-order valence-corrected chi connectivity index (χ0v) is 14.2. The maximum Gasteiger partial charge on any atom is 0.231 e. The SMILES string of the molecule is Cc1cnc(NC(=O)C2CC(=O)N(c3ccc(C)c(C)c3)C2)s1. The van der Waals surface area contributed by atoms with Crippen molar-refractivity contribution in [3.05, 3.63) is 40.4 Å². The molecule has 6 heteroatoms. The predicted molar refractivity (Wildman–Crippen MR) is 91.9 cm³/mol. The lowest BCUT2D eigenvalue weighted by Gasteiger charge is -2.17. The maximum absolute atomic E-state index is 12.3. The standard InChI is InChI=1S/C17H19N3O2S/c1-10-4-5-14(6-11(10)2)20-9-13(7-15(20)21)16(22)19-17-18-8-12(3)23-17/h4-6,8,13H,7,9H2,1-3H3,(H,18,19,22). The van der Waals surface area contributed by atoms with Gasteiger partial charge in [0.15, 0.2) is 5.13 Å². The molecule has 2 aromatic rings. The van der Waals surface area contributed by atoms with Gasteiger partial charge in [-0.15, -0.1) is 11.3 Å². The van der Waals surface area contributed by atoms with E-state index in [9.17, 15) is 9.59 Å². The number of carbonyl (C=O) groups is 2. The van der Waals surface area contributed by atoms with Crippen LogP contribution in [0.15, 0.2) is 24.4 Å². The Hall–Kier alpha value is -2.21. The van der Waals surface area contributed by atoms with Gasteiger partial charge in [0.2, 0.25) is 11.8 Å². The van der Waals surface area contributed by atoms with Crippen molar-refractivity contribution in [3.8, 4) is 0 Å². The summed E-state index contributed by atoms with van der Waals surface area (Å²) in [7, 11) is 0. The molecule has 1 aromatic carbocycles. The van der Waals surface area contributed by atoms with Crippen molar-refractivity contribution in [3.63, 3.8) is 0 Å². The van der Waals surface area contributed by atoms with Crippen molar-refractivity contribution >= 4 is 34.0 Å². The summed E-state index contributed by atoms with van der Waals surface area (Å²) in [6.07, 6.45) is 1.96. The second-order valence-corrected chi connectivity index (χ2v) is 7.17. The number of aromatic nitrogens is 1. The largest absolute Gasteiger partial charge is 0.312 e. The molecule has 0 aliphatic carbocycles. The van der Waals surface area contributed by atoms with Crippen LogP contribution in [0.25, 0.3) is 0 Å². The molecule has 120 valence electrons. The number of nitrogens with one attached hydrogen (secondary N) is 1. The fraction of sp³-hybridized carbons (Fsp3) is 0.353. The molecule has 1 aromatic heterocycles. The Kier molecular flexibility index (Phi) is 4.17. The van der Waals surface area contributed by atoms with Crippen LogP contribution in [0.2, 0.25) is 0 Å². The molecule has 1 atom stereocenters. The quantitative estimate of drug-likeness (QED) is 0.941. The van der Waals surface area contributed by atoms with Crippen LogP contribution in [-0.4, -0.2) is 23.3 Å². The molecule has 1 unspecified atom stereocenters. The summed E-state index contributed by atoms with van der Waals surface area (Å²) in [4.78, 5) is 31.5. The van der Waals surface area contributed by atoms with E-state index in [1.807, 2.05) is 39.0 Å². The zero-order chi connectivity index (χ0) is 16.6. The van der Waals surface area contributed by atoms with Gasteiger partial charge in [-0.1, -0.05) is 6.07 Å². The second kappa shape index (κ2) is 6.12. The molecule has 5 nitrogen and oxygen atoms in total. The molecule has 1 aliphatic rings. The molecule has 2 heterocycles. The zero-order valence-electron chi connectivity index (χ0n) is 13.4. The number of nitrogens with zero attached hydrogens (tertiary/aromatic N) is 2. The van der Waals surface area contributed by atoms with Gasteiger partial charge in [-0.3, -0.25) is 9.59 Å². The minimum atomic E-state index is -0.340. The summed E-state index contributed by atoms with van der Waals surface area (Å²) >= 11 is 1.43. The number of rotatable bonds is 3. The highest BCUT2D eigenvalue weighted by Gasteiger charge is 2.35. The molecule has 0 bridgehead atoms. The van der Waals surface area contributed by atoms with E-state index in [0.29, 0.717) is 11.7 Å². The normalized spacial score (nSPS) is 17.6. The molecule has 2 amide bonds. The Morgan fingerprint density at radius 1 is 1.30 bits per heavy atom. The predicted octanol–water partition coefficient (Wildman–Crippen LogP) is 3.06. The third-order valence-corrected chi connectivity index (χ3v) is 4.98. The summed E-state index contributed by atoms with van der Waals surface area (Å²) in [5.41, 5.74) is 3.19. The van der Waals surface area contributed by atoms with E-state index in [1.165, 1.54) is 16.9 Å². The number of benzene rings is 1. The number of amides is 2. The molecule has 1 aliphatic heterocycles. The monoisotopic (exact) mass is 329 g/mol. The Bertz CT molecular complexity index is 769. The van der Waals surface area contributed by atoms with Crippen LogP contribution in [0.4, 0.5) is 10.8 Å². The lowest BCUT2D eigenvalue weighted by Crippen LogP contribution is -2.28. The van der Waals surface area contributed by atoms with E-state index in [2.05, 4.69) is 10.3 Å². The van der Waals surface area contributed by atoms with Gasteiger partial charge in [-0.2, -0.15) is 0 Å². The Morgan fingerprint density at radius 3 is 2.74 bits per heavy atom. The smallest absolute Gasteiger partial charge is 0.231 e. The van der Waals surface area contributed by atoms with Gasteiger partial charge in [-0.05, 0) is 44.0 Å². The summed E-state index contributed by atoms with van der Waals surface area (Å²) in [6.45, 7) is 6.41. The van der Waals surface area contributed by atoms with E-state index >= 15 is 0 Å². The van der Waals surface area contributed by atoms with Gasteiger partial charge in [0.05, 0.1) is 5.92 Å². The Labute approximate surface area is 139 Å². The maximum atomic E-state index is 12.3. The van der Waals surface area contributed by atoms with E-state index < -0.39 is 0 Å². The van der Waals surface area contributed by atoms with Crippen molar-refractivity contribution in [2.24, 2.45) is 5.92 Å². The van der Waals surface area contributed by atoms with Crippen LogP contribution in [0, 0.1) is 26.7 Å². The van der Waals surface area contributed by atoms with Crippen LogP contribution in [-0.2, 0) is 9.59 Å². The average Bonchev–Trinajstić information content (AvgIpc) is 3.08. The van der Waals surface area contributed by atoms with Crippen molar-refractivity contribution in [2.45, 2.75) is 27.2 Å². The van der Waals surface area contributed by atoms with E-state index in [0.717, 1.165) is 16.1 Å². The highest BCUT2D eigenvalue weighted by molar-refractivity contribution is 7.15. The van der Waals surface area contributed by atoms with Gasteiger partial charge < -0.3 is 10.2 Å². The molecule has 1 fully saturated rings. The Morgan fingerprint density at radius 2 is 2.09 bits per heavy atom. The van der Waals surface area contributed by atoms with Crippen LogP contribution in [0.5, 0.6) is 0 Å². The lowest BCUT2D eigenvalue weighted by atomic mass is 10.1. The molecular weight excluding hydrogens is 310 g/mol. The second-order valence-electron chi connectivity index (χ2n) is 5.94. The molecular formula is C17H19N3O2S.